The summed E-state index contributed by atoms with van der Waals surface area (Å²) in [5.74, 6) is -1.63. The Morgan fingerprint density at radius 1 is 1.00 bits per heavy atom. The molecule has 19 heavy (non-hydrogen) atoms. The van der Waals surface area contributed by atoms with Gasteiger partial charge in [-0.15, -0.1) is 12.1 Å². The molecule has 0 spiro atoms. The number of hydrogen-bond donors (Lipinski definition) is 0. The first-order valence-corrected chi connectivity index (χ1v) is 4.89. The van der Waals surface area contributed by atoms with Gasteiger partial charge in [0.2, 0.25) is 0 Å². The van der Waals surface area contributed by atoms with E-state index < -0.39 is 17.5 Å². The van der Waals surface area contributed by atoms with Gasteiger partial charge in [-0.1, -0.05) is 6.07 Å². The fraction of sp³-hybridized carbons (Fsp3) is 0.0769. The summed E-state index contributed by atoms with van der Waals surface area (Å²) in [6.45, 7) is -0.105. The molecule has 0 radical (unpaired) electrons. The van der Waals surface area contributed by atoms with Crippen molar-refractivity contribution in [2.24, 2.45) is 0 Å². The molecule has 0 heterocycles. The van der Waals surface area contributed by atoms with Crippen LogP contribution in [0.25, 0.3) is 0 Å². The summed E-state index contributed by atoms with van der Waals surface area (Å²) in [7, 11) is 0. The summed E-state index contributed by atoms with van der Waals surface area (Å²) in [4.78, 5) is 0. The Balaban J connectivity index is 0.00000162. The summed E-state index contributed by atoms with van der Waals surface area (Å²) in [5.41, 5.74) is 0.198. The summed E-state index contributed by atoms with van der Waals surface area (Å²) in [5, 5.41) is 0. The molecule has 0 saturated heterocycles. The van der Waals surface area contributed by atoms with Crippen molar-refractivity contribution in [3.63, 3.8) is 0 Å². The van der Waals surface area contributed by atoms with E-state index in [2.05, 4.69) is 6.07 Å². The minimum atomic E-state index is -0.693. The Kier molecular flexibility index (Phi) is 8.13. The molecule has 0 unspecified atom stereocenters. The van der Waals surface area contributed by atoms with Gasteiger partial charge in [0.25, 0.3) is 0 Å². The molecule has 0 amide bonds. The van der Waals surface area contributed by atoms with Crippen molar-refractivity contribution in [2.45, 2.75) is 6.61 Å². The number of halogens is 4. The van der Waals surface area contributed by atoms with Crippen LogP contribution < -0.4 is 21.7 Å². The van der Waals surface area contributed by atoms with Gasteiger partial charge < -0.3 is 21.7 Å². The predicted octanol–water partition coefficient (Wildman–Crippen LogP) is 0.106. The smallest absolute Gasteiger partial charge is 1.00 e. The minimum Gasteiger partial charge on any atom is -1.00 e. The van der Waals surface area contributed by atoms with Gasteiger partial charge in [-0.05, 0) is 12.1 Å². The minimum absolute atomic E-state index is 0. The third-order valence-corrected chi connectivity index (χ3v) is 2.14. The van der Waals surface area contributed by atoms with Crippen LogP contribution in [0, 0.1) is 23.5 Å². The van der Waals surface area contributed by atoms with E-state index in [4.69, 9.17) is 4.74 Å². The Hall–Kier alpha value is -0.724. The summed E-state index contributed by atoms with van der Waals surface area (Å²) >= 11 is 0. The quantitative estimate of drug-likeness (QED) is 0.569. The number of hydrogen-bond acceptors (Lipinski definition) is 1. The van der Waals surface area contributed by atoms with Gasteiger partial charge in [0.15, 0.2) is 0 Å². The molecule has 1 nitrogen and oxygen atoms in total. The average molecular weight is 341 g/mol. The molecule has 0 aliphatic heterocycles. The first-order chi connectivity index (χ1) is 8.15. The van der Waals surface area contributed by atoms with Crippen molar-refractivity contribution in [1.82, 2.24) is 0 Å². The number of benzene rings is 2. The normalized spacial score (nSPS) is 9.21. The number of ether oxygens (including phenoxy) is 1. The van der Waals surface area contributed by atoms with Crippen LogP contribution in [0.5, 0.6) is 5.75 Å². The van der Waals surface area contributed by atoms with E-state index in [0.717, 1.165) is 18.2 Å². The monoisotopic (exact) mass is 340 g/mol. The van der Waals surface area contributed by atoms with E-state index in [-0.39, 0.29) is 58.0 Å². The van der Waals surface area contributed by atoms with E-state index in [1.165, 1.54) is 18.2 Å². The van der Waals surface area contributed by atoms with Crippen LogP contribution in [-0.4, -0.2) is 23.1 Å². The molecular formula is C13H8BrF3MgO. The van der Waals surface area contributed by atoms with Gasteiger partial charge in [-0.2, -0.15) is 6.07 Å². The third kappa shape index (κ3) is 5.42. The van der Waals surface area contributed by atoms with E-state index in [0.29, 0.717) is 0 Å². The fourth-order valence-corrected chi connectivity index (χ4v) is 1.30. The van der Waals surface area contributed by atoms with Crippen molar-refractivity contribution in [3.05, 3.63) is 65.5 Å². The maximum atomic E-state index is 13.2. The van der Waals surface area contributed by atoms with Crippen LogP contribution >= 0.6 is 0 Å². The molecule has 0 atom stereocenters. The van der Waals surface area contributed by atoms with Crippen LogP contribution in [0.4, 0.5) is 13.2 Å². The molecule has 6 heteroatoms. The van der Waals surface area contributed by atoms with Crippen molar-refractivity contribution in [2.75, 3.05) is 0 Å². The van der Waals surface area contributed by atoms with Gasteiger partial charge in [0.05, 0.1) is 0 Å². The SMILES string of the molecule is Fc1cc[c-]c(OCc2ccc(F)cc2F)c1.[Br-].[Mg+2]. The molecule has 2 rings (SSSR count). The van der Waals surface area contributed by atoms with Crippen LogP contribution in [0.15, 0.2) is 36.4 Å². The first kappa shape index (κ1) is 18.3. The Labute approximate surface area is 135 Å². The molecule has 96 valence electrons. The molecule has 0 aliphatic carbocycles. The molecule has 0 aromatic heterocycles. The van der Waals surface area contributed by atoms with Gasteiger partial charge >= 0.3 is 23.1 Å². The van der Waals surface area contributed by atoms with Gasteiger partial charge in [0, 0.05) is 23.2 Å². The first-order valence-electron chi connectivity index (χ1n) is 4.89. The molecule has 0 aliphatic rings. The molecule has 0 N–H and O–H groups in total. The van der Waals surface area contributed by atoms with Crippen LogP contribution in [0.2, 0.25) is 0 Å². The van der Waals surface area contributed by atoms with Crippen molar-refractivity contribution in [1.29, 1.82) is 0 Å². The van der Waals surface area contributed by atoms with Crippen LogP contribution in [0.3, 0.4) is 0 Å². The van der Waals surface area contributed by atoms with Crippen molar-refractivity contribution in [3.8, 4) is 5.75 Å². The molecule has 0 fully saturated rings. The Morgan fingerprint density at radius 3 is 2.32 bits per heavy atom. The van der Waals surface area contributed by atoms with E-state index in [9.17, 15) is 13.2 Å². The largest absolute Gasteiger partial charge is 2.00 e. The molecular weight excluding hydrogens is 333 g/mol. The van der Waals surface area contributed by atoms with Gasteiger partial charge in [-0.25, -0.2) is 13.2 Å². The molecule has 0 bridgehead atoms. The van der Waals surface area contributed by atoms with E-state index in [1.807, 2.05) is 0 Å². The summed E-state index contributed by atoms with van der Waals surface area (Å²) in [6.07, 6.45) is 0. The second-order valence-corrected chi connectivity index (χ2v) is 3.40. The predicted molar refractivity (Wildman–Crippen MR) is 61.7 cm³/mol. The van der Waals surface area contributed by atoms with Gasteiger partial charge in [-0.3, -0.25) is 0 Å². The van der Waals surface area contributed by atoms with Crippen LogP contribution in [-0.2, 0) is 6.61 Å². The molecule has 2 aromatic rings. The Morgan fingerprint density at radius 2 is 1.68 bits per heavy atom. The molecule has 0 saturated carbocycles. The van der Waals surface area contributed by atoms with Crippen molar-refractivity contribution >= 4 is 23.1 Å². The zero-order valence-corrected chi connectivity index (χ0v) is 12.8. The zero-order chi connectivity index (χ0) is 12.3. The summed E-state index contributed by atoms with van der Waals surface area (Å²) in [6, 6.07) is 9.58. The van der Waals surface area contributed by atoms with Crippen LogP contribution in [0.1, 0.15) is 5.56 Å². The summed E-state index contributed by atoms with van der Waals surface area (Å²) < 4.78 is 43.8. The second-order valence-electron chi connectivity index (χ2n) is 3.40. The maximum Gasteiger partial charge on any atom is 2.00 e. The molecule has 2 aromatic carbocycles. The third-order valence-electron chi connectivity index (χ3n) is 2.14. The maximum absolute atomic E-state index is 13.2. The van der Waals surface area contributed by atoms with Crippen molar-refractivity contribution < 1.29 is 34.9 Å². The van der Waals surface area contributed by atoms with Gasteiger partial charge in [0.1, 0.15) is 18.2 Å². The fourth-order valence-electron chi connectivity index (χ4n) is 1.30. The topological polar surface area (TPSA) is 9.23 Å². The zero-order valence-electron chi connectivity index (χ0n) is 9.80. The standard InChI is InChI=1S/C13H8F3O.BrH.Mg/c14-10-2-1-3-12(6-10)17-8-9-4-5-11(15)7-13(9)16;;/h1-2,4-7H,8H2;1H;/q-1;;+2/p-1. The second kappa shape index (κ2) is 8.45. The average Bonchev–Trinajstić information content (AvgIpc) is 2.28. The Bertz CT molecular complexity index is 537. The van der Waals surface area contributed by atoms with E-state index in [1.54, 1.807) is 0 Å². The van der Waals surface area contributed by atoms with E-state index >= 15 is 0 Å². The number of rotatable bonds is 3.